The second-order valence-electron chi connectivity index (χ2n) is 5.99. The number of rotatable bonds is 4. The highest BCUT2D eigenvalue weighted by Crippen LogP contribution is 2.38. The molecule has 1 amide bonds. The fourth-order valence-corrected chi connectivity index (χ4v) is 3.82. The quantitative estimate of drug-likeness (QED) is 0.821. The third-order valence-electron chi connectivity index (χ3n) is 4.08. The first-order valence-corrected chi connectivity index (χ1v) is 8.89. The molecule has 6 nitrogen and oxygen atoms in total. The van der Waals surface area contributed by atoms with Crippen LogP contribution >= 0.6 is 11.3 Å². The number of benzene rings is 1. The van der Waals surface area contributed by atoms with Gasteiger partial charge in [-0.05, 0) is 31.5 Å². The monoisotopic (exact) mass is 359 g/mol. The van der Waals surface area contributed by atoms with E-state index < -0.39 is 12.1 Å². The second kappa shape index (κ2) is 6.76. The zero-order chi connectivity index (χ0) is 18.1. The van der Waals surface area contributed by atoms with Crippen LogP contribution in [0, 0.1) is 6.92 Å². The maximum atomic E-state index is 12.6. The molecular weight excluding hydrogens is 338 g/mol. The van der Waals surface area contributed by atoms with Crippen molar-refractivity contribution in [2.75, 3.05) is 30.9 Å². The van der Waals surface area contributed by atoms with E-state index in [1.165, 1.54) is 11.3 Å². The molecule has 1 aliphatic rings. The number of esters is 1. The van der Waals surface area contributed by atoms with Crippen molar-refractivity contribution < 1.29 is 14.3 Å². The van der Waals surface area contributed by atoms with Crippen LogP contribution in [0.5, 0.6) is 0 Å². The van der Waals surface area contributed by atoms with E-state index in [1.54, 1.807) is 6.92 Å². The predicted molar refractivity (Wildman–Crippen MR) is 99.6 cm³/mol. The van der Waals surface area contributed by atoms with Crippen LogP contribution in [0.15, 0.2) is 24.3 Å². The average molecular weight is 359 g/mol. The van der Waals surface area contributed by atoms with Gasteiger partial charge in [-0.3, -0.25) is 4.79 Å². The first-order chi connectivity index (χ1) is 11.9. The summed E-state index contributed by atoms with van der Waals surface area (Å²) in [7, 11) is 3.95. The van der Waals surface area contributed by atoms with Crippen LogP contribution in [-0.4, -0.2) is 32.6 Å². The zero-order valence-corrected chi connectivity index (χ0v) is 15.5. The Balaban J connectivity index is 1.94. The number of thiophene rings is 1. The van der Waals surface area contributed by atoms with Crippen LogP contribution in [0.25, 0.3) is 0 Å². The minimum atomic E-state index is -0.402. The minimum Gasteiger partial charge on any atom is -0.462 e. The van der Waals surface area contributed by atoms with Gasteiger partial charge in [-0.15, -0.1) is 11.3 Å². The third-order valence-corrected chi connectivity index (χ3v) is 5.16. The number of carbonyl (C=O) groups is 2. The summed E-state index contributed by atoms with van der Waals surface area (Å²) in [5.41, 5.74) is 3.08. The Hall–Kier alpha value is -2.54. The number of fused-ring (bicyclic) bond motifs is 1. The average Bonchev–Trinajstić information content (AvgIpc) is 2.92. The van der Waals surface area contributed by atoms with E-state index in [4.69, 9.17) is 4.74 Å². The molecule has 1 aromatic heterocycles. The van der Waals surface area contributed by atoms with Gasteiger partial charge in [-0.2, -0.15) is 0 Å². The van der Waals surface area contributed by atoms with Gasteiger partial charge in [0.2, 0.25) is 0 Å². The van der Waals surface area contributed by atoms with Crippen molar-refractivity contribution in [2.24, 2.45) is 0 Å². The molecule has 132 valence electrons. The normalized spacial score (nSPS) is 15.8. The van der Waals surface area contributed by atoms with Crippen LogP contribution < -0.4 is 15.5 Å². The van der Waals surface area contributed by atoms with Crippen molar-refractivity contribution >= 4 is 34.6 Å². The van der Waals surface area contributed by atoms with Crippen molar-refractivity contribution in [3.05, 3.63) is 45.1 Å². The van der Waals surface area contributed by atoms with Gasteiger partial charge in [0.05, 0.1) is 17.9 Å². The molecule has 2 aromatic rings. The van der Waals surface area contributed by atoms with Gasteiger partial charge in [-0.25, -0.2) is 4.79 Å². The SMILES string of the molecule is CCOC(=O)c1sc(C)c2c1NC(c1ccc(N(C)C)cc1)NC2=O. The molecule has 1 aliphatic heterocycles. The topological polar surface area (TPSA) is 70.7 Å². The lowest BCUT2D eigenvalue weighted by atomic mass is 10.1. The van der Waals surface area contributed by atoms with E-state index >= 15 is 0 Å². The smallest absolute Gasteiger partial charge is 0.350 e. The van der Waals surface area contributed by atoms with Crippen molar-refractivity contribution in [3.8, 4) is 0 Å². The molecule has 25 heavy (non-hydrogen) atoms. The lowest BCUT2D eigenvalue weighted by molar-refractivity contribution is 0.0533. The Bertz CT molecular complexity index is 812. The summed E-state index contributed by atoms with van der Waals surface area (Å²) >= 11 is 1.28. The maximum absolute atomic E-state index is 12.6. The molecule has 0 fully saturated rings. The first kappa shape index (κ1) is 17.3. The van der Waals surface area contributed by atoms with E-state index in [1.807, 2.05) is 50.2 Å². The van der Waals surface area contributed by atoms with E-state index in [2.05, 4.69) is 10.6 Å². The fraction of sp³-hybridized carbons (Fsp3) is 0.333. The largest absolute Gasteiger partial charge is 0.462 e. The third kappa shape index (κ3) is 3.19. The van der Waals surface area contributed by atoms with Crippen molar-refractivity contribution in [1.29, 1.82) is 0 Å². The summed E-state index contributed by atoms with van der Waals surface area (Å²) < 4.78 is 5.12. The molecule has 0 aliphatic carbocycles. The van der Waals surface area contributed by atoms with Gasteiger partial charge in [0, 0.05) is 24.7 Å². The number of hydrogen-bond acceptors (Lipinski definition) is 6. The highest BCUT2D eigenvalue weighted by atomic mass is 32.1. The number of aryl methyl sites for hydroxylation is 1. The van der Waals surface area contributed by atoms with Gasteiger partial charge < -0.3 is 20.3 Å². The Kier molecular flexibility index (Phi) is 4.67. The molecule has 2 N–H and O–H groups in total. The number of nitrogens with zero attached hydrogens (tertiary/aromatic N) is 1. The highest BCUT2D eigenvalue weighted by Gasteiger charge is 2.33. The number of hydrogen-bond donors (Lipinski definition) is 2. The summed E-state index contributed by atoms with van der Waals surface area (Å²) in [4.78, 5) is 28.0. The molecule has 1 aromatic carbocycles. The first-order valence-electron chi connectivity index (χ1n) is 8.07. The molecule has 1 unspecified atom stereocenters. The van der Waals surface area contributed by atoms with E-state index in [9.17, 15) is 9.59 Å². The lowest BCUT2D eigenvalue weighted by Crippen LogP contribution is -2.38. The Morgan fingerprint density at radius 1 is 1.24 bits per heavy atom. The van der Waals surface area contributed by atoms with Crippen LogP contribution in [0.4, 0.5) is 11.4 Å². The number of carbonyl (C=O) groups excluding carboxylic acids is 2. The summed E-state index contributed by atoms with van der Waals surface area (Å²) in [5, 5.41) is 6.24. The van der Waals surface area contributed by atoms with E-state index in [-0.39, 0.29) is 5.91 Å². The van der Waals surface area contributed by atoms with Gasteiger partial charge in [-0.1, -0.05) is 12.1 Å². The Labute approximate surface area is 150 Å². The van der Waals surface area contributed by atoms with E-state index in [0.29, 0.717) is 22.7 Å². The Morgan fingerprint density at radius 2 is 1.92 bits per heavy atom. The molecule has 0 saturated heterocycles. The van der Waals surface area contributed by atoms with Gasteiger partial charge in [0.25, 0.3) is 5.91 Å². The summed E-state index contributed by atoms with van der Waals surface area (Å²) in [5.74, 6) is -0.583. The fourth-order valence-electron chi connectivity index (χ4n) is 2.81. The molecule has 7 heteroatoms. The molecule has 1 atom stereocenters. The minimum absolute atomic E-state index is 0.181. The standard InChI is InChI=1S/C18H21N3O3S/c1-5-24-18(23)15-14-13(10(2)25-15)17(22)20-16(19-14)11-6-8-12(9-7-11)21(3)4/h6-9,16,19H,5H2,1-4H3,(H,20,22). The van der Waals surface area contributed by atoms with Gasteiger partial charge in [0.1, 0.15) is 11.0 Å². The highest BCUT2D eigenvalue weighted by molar-refractivity contribution is 7.15. The summed E-state index contributed by atoms with van der Waals surface area (Å²) in [6.45, 7) is 3.89. The zero-order valence-electron chi connectivity index (χ0n) is 14.7. The molecule has 2 heterocycles. The number of anilines is 2. The van der Waals surface area contributed by atoms with Crippen LogP contribution in [0.2, 0.25) is 0 Å². The second-order valence-corrected chi connectivity index (χ2v) is 7.22. The Morgan fingerprint density at radius 3 is 2.52 bits per heavy atom. The molecular formula is C18H21N3O3S. The molecule has 0 saturated carbocycles. The summed E-state index contributed by atoms with van der Waals surface area (Å²) in [6, 6.07) is 7.90. The molecule has 0 spiro atoms. The number of ether oxygens (including phenoxy) is 1. The van der Waals surface area contributed by atoms with Crippen LogP contribution in [0.1, 0.15) is 43.6 Å². The molecule has 0 radical (unpaired) electrons. The molecule has 3 rings (SSSR count). The number of nitrogens with one attached hydrogen (secondary N) is 2. The van der Waals surface area contributed by atoms with Gasteiger partial charge >= 0.3 is 5.97 Å². The predicted octanol–water partition coefficient (Wildman–Crippen LogP) is 3.15. The van der Waals surface area contributed by atoms with Crippen molar-refractivity contribution in [3.63, 3.8) is 0 Å². The number of amides is 1. The summed E-state index contributed by atoms with van der Waals surface area (Å²) in [6.07, 6.45) is -0.390. The lowest BCUT2D eigenvalue weighted by Gasteiger charge is -2.27. The maximum Gasteiger partial charge on any atom is 0.350 e. The van der Waals surface area contributed by atoms with Crippen molar-refractivity contribution in [1.82, 2.24) is 5.32 Å². The van der Waals surface area contributed by atoms with Crippen LogP contribution in [0.3, 0.4) is 0 Å². The molecule has 0 bridgehead atoms. The van der Waals surface area contributed by atoms with Gasteiger partial charge in [0.15, 0.2) is 0 Å². The van der Waals surface area contributed by atoms with E-state index in [0.717, 1.165) is 16.1 Å². The van der Waals surface area contributed by atoms with Crippen LogP contribution in [-0.2, 0) is 4.74 Å². The van der Waals surface area contributed by atoms with Crippen molar-refractivity contribution in [2.45, 2.75) is 20.0 Å².